The summed E-state index contributed by atoms with van der Waals surface area (Å²) in [6.45, 7) is 5.71. The third-order valence-corrected chi connectivity index (χ3v) is 3.37. The van der Waals surface area contributed by atoms with Gasteiger partial charge in [0.1, 0.15) is 12.4 Å². The Labute approximate surface area is 106 Å². The molecule has 0 aromatic carbocycles. The van der Waals surface area contributed by atoms with Crippen LogP contribution in [0.2, 0.25) is 0 Å². The molecule has 0 unspecified atom stereocenters. The van der Waals surface area contributed by atoms with Crippen LogP contribution in [0.3, 0.4) is 0 Å². The quantitative estimate of drug-likeness (QED) is 0.469. The number of aromatic amines is 1. The van der Waals surface area contributed by atoms with Crippen LogP contribution in [0.1, 0.15) is 71.0 Å². The van der Waals surface area contributed by atoms with E-state index >= 15 is 0 Å². The summed E-state index contributed by atoms with van der Waals surface area (Å²) in [5.41, 5.74) is 0. The van der Waals surface area contributed by atoms with Gasteiger partial charge in [0.25, 0.3) is 5.82 Å². The van der Waals surface area contributed by atoms with Crippen LogP contribution < -0.4 is 4.57 Å². The Bertz CT molecular complexity index is 278. The van der Waals surface area contributed by atoms with Crippen LogP contribution in [0.5, 0.6) is 0 Å². The van der Waals surface area contributed by atoms with Gasteiger partial charge < -0.3 is 0 Å². The molecular formula is C15H29N2+. The molecule has 17 heavy (non-hydrogen) atoms. The van der Waals surface area contributed by atoms with Crippen molar-refractivity contribution in [2.75, 3.05) is 0 Å². The van der Waals surface area contributed by atoms with E-state index in [-0.39, 0.29) is 0 Å². The topological polar surface area (TPSA) is 19.7 Å². The normalized spacial score (nSPS) is 10.9. The van der Waals surface area contributed by atoms with Gasteiger partial charge in [0.2, 0.25) is 0 Å². The number of H-pyrrole nitrogens is 1. The monoisotopic (exact) mass is 237 g/mol. The van der Waals surface area contributed by atoms with Crippen molar-refractivity contribution in [1.29, 1.82) is 0 Å². The summed E-state index contributed by atoms with van der Waals surface area (Å²) in [4.78, 5) is 3.36. The second-order valence-electron chi connectivity index (χ2n) is 4.97. The standard InChI is InChI=1S/C15H28N2/c1-3-5-7-8-9-10-13-17-14-12-16-15(17)11-6-4-2/h12,14H,3-11,13H2,1-2H3/p+1. The van der Waals surface area contributed by atoms with Crippen LogP contribution in [-0.2, 0) is 13.0 Å². The van der Waals surface area contributed by atoms with Gasteiger partial charge in [-0.15, -0.1) is 0 Å². The molecular weight excluding hydrogens is 208 g/mol. The van der Waals surface area contributed by atoms with Gasteiger partial charge in [-0.1, -0.05) is 46.0 Å². The Morgan fingerprint density at radius 1 is 0.941 bits per heavy atom. The first-order valence-corrected chi connectivity index (χ1v) is 7.44. The molecule has 0 amide bonds. The molecule has 0 aliphatic heterocycles. The van der Waals surface area contributed by atoms with E-state index in [1.165, 1.54) is 70.2 Å². The molecule has 0 saturated carbocycles. The van der Waals surface area contributed by atoms with Crippen LogP contribution >= 0.6 is 0 Å². The van der Waals surface area contributed by atoms with Gasteiger partial charge in [-0.25, -0.2) is 9.55 Å². The van der Waals surface area contributed by atoms with E-state index in [2.05, 4.69) is 35.8 Å². The molecule has 1 aromatic rings. The zero-order valence-electron chi connectivity index (χ0n) is 11.7. The second kappa shape index (κ2) is 9.26. The number of nitrogens with one attached hydrogen (secondary N) is 1. The Morgan fingerprint density at radius 3 is 2.41 bits per heavy atom. The zero-order chi connectivity index (χ0) is 12.3. The SMILES string of the molecule is CCCCCCCC[n+]1cc[nH]c1CCCC. The molecule has 0 spiro atoms. The van der Waals surface area contributed by atoms with Crippen LogP contribution in [0, 0.1) is 0 Å². The largest absolute Gasteiger partial charge is 0.254 e. The Balaban J connectivity index is 2.15. The summed E-state index contributed by atoms with van der Waals surface area (Å²) in [7, 11) is 0. The predicted molar refractivity (Wildman–Crippen MR) is 73.0 cm³/mol. The molecule has 1 heterocycles. The molecule has 0 fully saturated rings. The number of aromatic nitrogens is 2. The smallest absolute Gasteiger partial charge is 0.248 e. The fourth-order valence-electron chi connectivity index (χ4n) is 2.23. The van der Waals surface area contributed by atoms with Gasteiger partial charge >= 0.3 is 0 Å². The average Bonchev–Trinajstić information content (AvgIpc) is 2.78. The summed E-state index contributed by atoms with van der Waals surface area (Å²) in [5, 5.41) is 0. The maximum Gasteiger partial charge on any atom is 0.254 e. The second-order valence-corrected chi connectivity index (χ2v) is 4.97. The molecule has 98 valence electrons. The molecule has 0 atom stereocenters. The molecule has 2 nitrogen and oxygen atoms in total. The first kappa shape index (κ1) is 14.3. The Hall–Kier alpha value is -0.790. The maximum absolute atomic E-state index is 3.36. The number of unbranched alkanes of at least 4 members (excludes halogenated alkanes) is 6. The minimum atomic E-state index is 1.19. The molecule has 1 aromatic heterocycles. The highest BCUT2D eigenvalue weighted by atomic mass is 15.1. The van der Waals surface area contributed by atoms with Crippen LogP contribution in [0.4, 0.5) is 0 Å². The molecule has 1 rings (SSSR count). The average molecular weight is 237 g/mol. The zero-order valence-corrected chi connectivity index (χ0v) is 11.7. The van der Waals surface area contributed by atoms with Crippen molar-refractivity contribution in [2.45, 2.75) is 78.2 Å². The van der Waals surface area contributed by atoms with Crippen LogP contribution in [-0.4, -0.2) is 4.98 Å². The number of aryl methyl sites for hydroxylation is 2. The first-order chi connectivity index (χ1) is 8.38. The van der Waals surface area contributed by atoms with Crippen molar-refractivity contribution < 1.29 is 4.57 Å². The Morgan fingerprint density at radius 2 is 1.65 bits per heavy atom. The van der Waals surface area contributed by atoms with Gasteiger partial charge in [-0.05, 0) is 19.3 Å². The number of hydrogen-bond acceptors (Lipinski definition) is 0. The molecule has 0 aliphatic carbocycles. The fraction of sp³-hybridized carbons (Fsp3) is 0.800. The molecule has 0 radical (unpaired) electrons. The summed E-state index contributed by atoms with van der Waals surface area (Å²) in [6, 6.07) is 0. The van der Waals surface area contributed by atoms with E-state index in [0.29, 0.717) is 0 Å². The van der Waals surface area contributed by atoms with E-state index in [1.807, 2.05) is 0 Å². The third-order valence-electron chi connectivity index (χ3n) is 3.37. The van der Waals surface area contributed by atoms with Gasteiger partial charge in [0, 0.05) is 6.42 Å². The lowest BCUT2D eigenvalue weighted by atomic mass is 10.1. The minimum absolute atomic E-state index is 1.19. The van der Waals surface area contributed by atoms with Gasteiger partial charge in [-0.2, -0.15) is 0 Å². The minimum Gasteiger partial charge on any atom is -0.248 e. The lowest BCUT2D eigenvalue weighted by Crippen LogP contribution is -2.36. The highest BCUT2D eigenvalue weighted by Crippen LogP contribution is 2.05. The fourth-order valence-corrected chi connectivity index (χ4v) is 2.23. The Kier molecular flexibility index (Phi) is 7.78. The van der Waals surface area contributed by atoms with E-state index in [0.717, 1.165) is 0 Å². The summed E-state index contributed by atoms with van der Waals surface area (Å²) < 4.78 is 2.40. The van der Waals surface area contributed by atoms with Gasteiger partial charge in [-0.3, -0.25) is 0 Å². The van der Waals surface area contributed by atoms with Crippen molar-refractivity contribution in [3.8, 4) is 0 Å². The van der Waals surface area contributed by atoms with Crippen LogP contribution in [0.25, 0.3) is 0 Å². The molecule has 1 N–H and O–H groups in total. The molecule has 0 saturated heterocycles. The number of imidazole rings is 1. The first-order valence-electron chi connectivity index (χ1n) is 7.44. The van der Waals surface area contributed by atoms with Crippen molar-refractivity contribution in [1.82, 2.24) is 4.98 Å². The van der Waals surface area contributed by atoms with Gasteiger partial charge in [0.15, 0.2) is 0 Å². The van der Waals surface area contributed by atoms with Crippen molar-refractivity contribution >= 4 is 0 Å². The van der Waals surface area contributed by atoms with E-state index < -0.39 is 0 Å². The molecule has 0 aliphatic rings. The summed E-state index contributed by atoms with van der Waals surface area (Å²) in [5.74, 6) is 1.40. The summed E-state index contributed by atoms with van der Waals surface area (Å²) in [6.07, 6.45) is 16.3. The van der Waals surface area contributed by atoms with Crippen molar-refractivity contribution in [3.05, 3.63) is 18.2 Å². The maximum atomic E-state index is 3.36. The van der Waals surface area contributed by atoms with E-state index in [4.69, 9.17) is 0 Å². The summed E-state index contributed by atoms with van der Waals surface area (Å²) >= 11 is 0. The molecule has 0 bridgehead atoms. The van der Waals surface area contributed by atoms with Crippen molar-refractivity contribution in [3.63, 3.8) is 0 Å². The van der Waals surface area contributed by atoms with Crippen LogP contribution in [0.15, 0.2) is 12.4 Å². The predicted octanol–water partition coefficient (Wildman–Crippen LogP) is 4.01. The van der Waals surface area contributed by atoms with E-state index in [1.54, 1.807) is 0 Å². The number of rotatable bonds is 10. The lowest BCUT2D eigenvalue weighted by Gasteiger charge is -2.01. The number of hydrogen-bond donors (Lipinski definition) is 1. The van der Waals surface area contributed by atoms with Gasteiger partial charge in [0.05, 0.1) is 6.54 Å². The molecule has 2 heteroatoms. The number of nitrogens with zero attached hydrogens (tertiary/aromatic N) is 1. The third kappa shape index (κ3) is 5.90. The highest BCUT2D eigenvalue weighted by molar-refractivity contribution is 4.77. The van der Waals surface area contributed by atoms with Crippen molar-refractivity contribution in [2.24, 2.45) is 0 Å². The highest BCUT2D eigenvalue weighted by Gasteiger charge is 2.08. The lowest BCUT2D eigenvalue weighted by molar-refractivity contribution is -0.703. The van der Waals surface area contributed by atoms with E-state index in [9.17, 15) is 0 Å².